The van der Waals surface area contributed by atoms with Crippen LogP contribution in [0.25, 0.3) is 38.4 Å². The van der Waals surface area contributed by atoms with Crippen LogP contribution in [0.3, 0.4) is 0 Å². The van der Waals surface area contributed by atoms with Crippen LogP contribution in [-0.4, -0.2) is 9.55 Å². The number of benzene rings is 3. The molecule has 0 atom stereocenters. The van der Waals surface area contributed by atoms with E-state index in [-0.39, 0.29) is 5.41 Å². The summed E-state index contributed by atoms with van der Waals surface area (Å²) in [5.41, 5.74) is 10.5. The number of rotatable bonds is 1. The Bertz CT molecular complexity index is 1350. The molecule has 0 amide bonds. The summed E-state index contributed by atoms with van der Waals surface area (Å²) in [6.07, 6.45) is 1.90. The SMILES string of the molecule is CC(C)(C)c1ccnc(-n2c3cc(N)ccc3c3c4ccccc4ccc32)c1. The lowest BCUT2D eigenvalue weighted by Gasteiger charge is -2.20. The molecule has 5 rings (SSSR count). The molecule has 0 spiro atoms. The summed E-state index contributed by atoms with van der Waals surface area (Å²) in [6, 6.07) is 23.4. The fourth-order valence-electron chi connectivity index (χ4n) is 4.06. The first-order valence-corrected chi connectivity index (χ1v) is 9.62. The van der Waals surface area contributed by atoms with Gasteiger partial charge in [0, 0.05) is 22.7 Å². The Morgan fingerprint density at radius 2 is 1.64 bits per heavy atom. The number of hydrogen-bond donors (Lipinski definition) is 1. The minimum Gasteiger partial charge on any atom is -0.399 e. The van der Waals surface area contributed by atoms with Crippen LogP contribution in [-0.2, 0) is 5.41 Å². The predicted molar refractivity (Wildman–Crippen MR) is 119 cm³/mol. The van der Waals surface area contributed by atoms with E-state index in [1.807, 2.05) is 12.3 Å². The molecule has 2 N–H and O–H groups in total. The van der Waals surface area contributed by atoms with E-state index in [1.165, 1.54) is 27.1 Å². The molecule has 28 heavy (non-hydrogen) atoms. The summed E-state index contributed by atoms with van der Waals surface area (Å²) in [7, 11) is 0. The Morgan fingerprint density at radius 1 is 0.821 bits per heavy atom. The zero-order valence-electron chi connectivity index (χ0n) is 16.4. The second kappa shape index (κ2) is 5.83. The van der Waals surface area contributed by atoms with Crippen molar-refractivity contribution in [1.29, 1.82) is 0 Å². The molecule has 3 heteroatoms. The molecule has 0 saturated heterocycles. The quantitative estimate of drug-likeness (QED) is 0.359. The van der Waals surface area contributed by atoms with Gasteiger partial charge in [-0.1, -0.05) is 57.2 Å². The topological polar surface area (TPSA) is 43.8 Å². The molecule has 2 heterocycles. The van der Waals surface area contributed by atoms with Crippen molar-refractivity contribution in [3.05, 3.63) is 78.5 Å². The first-order valence-electron chi connectivity index (χ1n) is 9.62. The maximum atomic E-state index is 6.17. The second-order valence-corrected chi connectivity index (χ2v) is 8.45. The van der Waals surface area contributed by atoms with E-state index in [0.717, 1.165) is 22.5 Å². The van der Waals surface area contributed by atoms with Gasteiger partial charge in [0.25, 0.3) is 0 Å². The average Bonchev–Trinajstić information content (AvgIpc) is 3.01. The first-order chi connectivity index (χ1) is 13.4. The molecule has 0 bridgehead atoms. The number of hydrogen-bond acceptors (Lipinski definition) is 2. The molecule has 0 fully saturated rings. The van der Waals surface area contributed by atoms with Crippen LogP contribution in [0.1, 0.15) is 26.3 Å². The van der Waals surface area contributed by atoms with Crippen LogP contribution in [0.15, 0.2) is 72.9 Å². The Balaban J connectivity index is 1.96. The van der Waals surface area contributed by atoms with Crippen molar-refractivity contribution in [3.8, 4) is 5.82 Å². The fourth-order valence-corrected chi connectivity index (χ4v) is 4.06. The van der Waals surface area contributed by atoms with Gasteiger partial charge in [-0.25, -0.2) is 4.98 Å². The highest BCUT2D eigenvalue weighted by Crippen LogP contribution is 2.37. The van der Waals surface area contributed by atoms with Crippen molar-refractivity contribution in [2.75, 3.05) is 5.73 Å². The van der Waals surface area contributed by atoms with Gasteiger partial charge in [-0.3, -0.25) is 4.57 Å². The first kappa shape index (κ1) is 16.8. The zero-order chi connectivity index (χ0) is 19.5. The van der Waals surface area contributed by atoms with Gasteiger partial charge in [-0.05, 0) is 52.1 Å². The summed E-state index contributed by atoms with van der Waals surface area (Å²) in [5.74, 6) is 0.924. The summed E-state index contributed by atoms with van der Waals surface area (Å²) in [5, 5.41) is 4.93. The summed E-state index contributed by atoms with van der Waals surface area (Å²) in [6.45, 7) is 6.68. The molecule has 0 unspecified atom stereocenters. The van der Waals surface area contributed by atoms with Crippen LogP contribution >= 0.6 is 0 Å². The molecule has 0 radical (unpaired) electrons. The Morgan fingerprint density at radius 3 is 2.46 bits per heavy atom. The number of nitrogens with two attached hydrogens (primary N) is 1. The molecular formula is C25H23N3. The summed E-state index contributed by atoms with van der Waals surface area (Å²) >= 11 is 0. The molecule has 0 aliphatic heterocycles. The van der Waals surface area contributed by atoms with Gasteiger partial charge in [-0.2, -0.15) is 0 Å². The van der Waals surface area contributed by atoms with Crippen molar-refractivity contribution in [2.45, 2.75) is 26.2 Å². The van der Waals surface area contributed by atoms with Crippen molar-refractivity contribution in [1.82, 2.24) is 9.55 Å². The Hall–Kier alpha value is -3.33. The number of pyridine rings is 1. The van der Waals surface area contributed by atoms with Crippen LogP contribution < -0.4 is 5.73 Å². The maximum Gasteiger partial charge on any atom is 0.137 e. The normalized spacial score (nSPS) is 12.2. The van der Waals surface area contributed by atoms with E-state index in [2.05, 4.69) is 86.0 Å². The number of fused-ring (bicyclic) bond motifs is 5. The number of nitrogens with zero attached hydrogens (tertiary/aromatic N) is 2. The lowest BCUT2D eigenvalue weighted by atomic mass is 9.88. The molecule has 2 aromatic heterocycles. The monoisotopic (exact) mass is 365 g/mol. The molecule has 3 aromatic carbocycles. The Kier molecular flexibility index (Phi) is 3.50. The largest absolute Gasteiger partial charge is 0.399 e. The maximum absolute atomic E-state index is 6.17. The summed E-state index contributed by atoms with van der Waals surface area (Å²) in [4.78, 5) is 4.73. The van der Waals surface area contributed by atoms with E-state index in [0.29, 0.717) is 0 Å². The zero-order valence-corrected chi connectivity index (χ0v) is 16.4. The van der Waals surface area contributed by atoms with Gasteiger partial charge in [0.1, 0.15) is 5.82 Å². The van der Waals surface area contributed by atoms with Gasteiger partial charge in [0.2, 0.25) is 0 Å². The van der Waals surface area contributed by atoms with Gasteiger partial charge in [-0.15, -0.1) is 0 Å². The number of nitrogen functional groups attached to an aromatic ring is 1. The summed E-state index contributed by atoms with van der Waals surface area (Å²) < 4.78 is 2.24. The highest BCUT2D eigenvalue weighted by atomic mass is 15.1. The highest BCUT2D eigenvalue weighted by molar-refractivity contribution is 6.21. The van der Waals surface area contributed by atoms with E-state index < -0.39 is 0 Å². The van der Waals surface area contributed by atoms with Gasteiger partial charge in [0.15, 0.2) is 0 Å². The van der Waals surface area contributed by atoms with Gasteiger partial charge in [0.05, 0.1) is 11.0 Å². The molecular weight excluding hydrogens is 342 g/mol. The standard InChI is InChI=1S/C25H23N3/c1-25(2,3)17-12-13-27-23(14-17)28-21-11-8-16-6-4-5-7-19(16)24(21)20-10-9-18(26)15-22(20)28/h4-15H,26H2,1-3H3. The molecule has 0 saturated carbocycles. The van der Waals surface area contributed by atoms with Crippen molar-refractivity contribution >= 4 is 38.3 Å². The molecule has 3 nitrogen and oxygen atoms in total. The minimum absolute atomic E-state index is 0.0577. The lowest BCUT2D eigenvalue weighted by molar-refractivity contribution is 0.588. The predicted octanol–water partition coefficient (Wildman–Crippen LogP) is 6.21. The minimum atomic E-state index is 0.0577. The van der Waals surface area contributed by atoms with Crippen molar-refractivity contribution in [2.24, 2.45) is 0 Å². The van der Waals surface area contributed by atoms with E-state index in [1.54, 1.807) is 0 Å². The van der Waals surface area contributed by atoms with E-state index >= 15 is 0 Å². The highest BCUT2D eigenvalue weighted by Gasteiger charge is 2.18. The van der Waals surface area contributed by atoms with Gasteiger partial charge >= 0.3 is 0 Å². The van der Waals surface area contributed by atoms with Crippen LogP contribution in [0.2, 0.25) is 0 Å². The third-order valence-electron chi connectivity index (χ3n) is 5.52. The van der Waals surface area contributed by atoms with E-state index in [9.17, 15) is 0 Å². The number of aromatic nitrogens is 2. The van der Waals surface area contributed by atoms with Crippen molar-refractivity contribution < 1.29 is 0 Å². The molecule has 0 aliphatic carbocycles. The third kappa shape index (κ3) is 2.47. The molecule has 138 valence electrons. The van der Waals surface area contributed by atoms with E-state index in [4.69, 9.17) is 10.7 Å². The van der Waals surface area contributed by atoms with Crippen LogP contribution in [0.5, 0.6) is 0 Å². The number of anilines is 1. The Labute approximate surface area is 164 Å². The molecule has 0 aliphatic rings. The van der Waals surface area contributed by atoms with Crippen molar-refractivity contribution in [3.63, 3.8) is 0 Å². The fraction of sp³-hybridized carbons (Fsp3) is 0.160. The smallest absolute Gasteiger partial charge is 0.137 e. The second-order valence-electron chi connectivity index (χ2n) is 8.45. The van der Waals surface area contributed by atoms with Crippen LogP contribution in [0.4, 0.5) is 5.69 Å². The van der Waals surface area contributed by atoms with Crippen LogP contribution in [0, 0.1) is 0 Å². The van der Waals surface area contributed by atoms with Gasteiger partial charge < -0.3 is 5.73 Å². The molecule has 5 aromatic rings. The average molecular weight is 365 g/mol. The third-order valence-corrected chi connectivity index (χ3v) is 5.52. The lowest BCUT2D eigenvalue weighted by Crippen LogP contribution is -2.12.